The standard InChI is InChI=1S/C9H19N3/c1-4-5-9(2,3)12-8-10-6-7-11-8/h4-7H2,1-3H3,(H2,10,11,12). The lowest BCUT2D eigenvalue weighted by molar-refractivity contribution is 0.417. The van der Waals surface area contributed by atoms with Gasteiger partial charge in [-0.1, -0.05) is 13.3 Å². The van der Waals surface area contributed by atoms with E-state index in [9.17, 15) is 0 Å². The van der Waals surface area contributed by atoms with Crippen molar-refractivity contribution in [1.82, 2.24) is 10.6 Å². The maximum Gasteiger partial charge on any atom is 0.191 e. The molecule has 0 fully saturated rings. The molecule has 0 aliphatic carbocycles. The van der Waals surface area contributed by atoms with Gasteiger partial charge in [0.2, 0.25) is 0 Å². The van der Waals surface area contributed by atoms with Gasteiger partial charge in [0.15, 0.2) is 5.96 Å². The summed E-state index contributed by atoms with van der Waals surface area (Å²) in [6, 6.07) is 0. The Bertz CT molecular complexity index is 173. The molecule has 3 nitrogen and oxygen atoms in total. The molecule has 0 bridgehead atoms. The highest BCUT2D eigenvalue weighted by molar-refractivity contribution is 5.81. The minimum absolute atomic E-state index is 0.172. The summed E-state index contributed by atoms with van der Waals surface area (Å²) in [7, 11) is 0. The monoisotopic (exact) mass is 169 g/mol. The Hall–Kier alpha value is -0.730. The molecule has 0 amide bonds. The largest absolute Gasteiger partial charge is 0.355 e. The number of guanidine groups is 1. The third-order valence-corrected chi connectivity index (χ3v) is 2.01. The number of rotatable bonds is 3. The first-order valence-corrected chi connectivity index (χ1v) is 4.70. The third-order valence-electron chi connectivity index (χ3n) is 2.01. The topological polar surface area (TPSA) is 36.4 Å². The molecule has 3 heteroatoms. The molecule has 0 saturated carbocycles. The average Bonchev–Trinajstić information content (AvgIpc) is 2.38. The van der Waals surface area contributed by atoms with E-state index >= 15 is 0 Å². The van der Waals surface area contributed by atoms with Gasteiger partial charge in [0, 0.05) is 12.1 Å². The summed E-state index contributed by atoms with van der Waals surface area (Å²) in [5.41, 5.74) is 0.172. The third kappa shape index (κ3) is 2.72. The fourth-order valence-corrected chi connectivity index (χ4v) is 1.49. The van der Waals surface area contributed by atoms with Gasteiger partial charge in [-0.2, -0.15) is 0 Å². The summed E-state index contributed by atoms with van der Waals surface area (Å²) in [6.45, 7) is 8.50. The highest BCUT2D eigenvalue weighted by atomic mass is 15.2. The van der Waals surface area contributed by atoms with Crippen molar-refractivity contribution in [3.63, 3.8) is 0 Å². The van der Waals surface area contributed by atoms with E-state index < -0.39 is 0 Å². The normalized spacial score (nSPS) is 17.1. The van der Waals surface area contributed by atoms with Gasteiger partial charge in [0.1, 0.15) is 0 Å². The van der Waals surface area contributed by atoms with Crippen LogP contribution in [0.3, 0.4) is 0 Å². The quantitative estimate of drug-likeness (QED) is 0.664. The van der Waals surface area contributed by atoms with Crippen molar-refractivity contribution in [1.29, 1.82) is 0 Å². The molecule has 1 rings (SSSR count). The minimum atomic E-state index is 0.172. The van der Waals surface area contributed by atoms with Gasteiger partial charge in [-0.05, 0) is 20.3 Å². The van der Waals surface area contributed by atoms with Crippen molar-refractivity contribution in [2.45, 2.75) is 39.2 Å². The highest BCUT2D eigenvalue weighted by Crippen LogP contribution is 2.10. The maximum atomic E-state index is 4.30. The Labute approximate surface area is 74.6 Å². The van der Waals surface area contributed by atoms with E-state index in [0.29, 0.717) is 0 Å². The molecule has 0 aromatic rings. The average molecular weight is 169 g/mol. The van der Waals surface area contributed by atoms with Crippen LogP contribution in [-0.2, 0) is 0 Å². The molecular weight excluding hydrogens is 150 g/mol. The molecule has 0 atom stereocenters. The molecule has 0 aromatic carbocycles. The molecule has 1 aliphatic heterocycles. The highest BCUT2D eigenvalue weighted by Gasteiger charge is 2.18. The van der Waals surface area contributed by atoms with Crippen molar-refractivity contribution >= 4 is 5.96 Å². The van der Waals surface area contributed by atoms with Crippen molar-refractivity contribution in [2.75, 3.05) is 13.1 Å². The van der Waals surface area contributed by atoms with Crippen LogP contribution in [0.5, 0.6) is 0 Å². The Balaban J connectivity index is 2.37. The summed E-state index contributed by atoms with van der Waals surface area (Å²) < 4.78 is 0. The number of hydrogen-bond acceptors (Lipinski definition) is 3. The smallest absolute Gasteiger partial charge is 0.191 e. The van der Waals surface area contributed by atoms with Gasteiger partial charge in [-0.3, -0.25) is 4.99 Å². The molecule has 2 N–H and O–H groups in total. The Morgan fingerprint density at radius 1 is 1.58 bits per heavy atom. The molecule has 0 unspecified atom stereocenters. The van der Waals surface area contributed by atoms with Crippen LogP contribution < -0.4 is 10.6 Å². The van der Waals surface area contributed by atoms with Crippen LogP contribution in [0.4, 0.5) is 0 Å². The van der Waals surface area contributed by atoms with Crippen LogP contribution in [0.25, 0.3) is 0 Å². The lowest BCUT2D eigenvalue weighted by atomic mass is 9.99. The summed E-state index contributed by atoms with van der Waals surface area (Å²) in [5, 5.41) is 6.60. The number of nitrogens with zero attached hydrogens (tertiary/aromatic N) is 1. The van der Waals surface area contributed by atoms with Crippen LogP contribution in [0.2, 0.25) is 0 Å². The van der Waals surface area contributed by atoms with Crippen molar-refractivity contribution in [2.24, 2.45) is 4.99 Å². The first-order valence-electron chi connectivity index (χ1n) is 4.70. The summed E-state index contributed by atoms with van der Waals surface area (Å²) in [5.74, 6) is 0.966. The maximum absolute atomic E-state index is 4.30. The molecule has 0 spiro atoms. The van der Waals surface area contributed by atoms with Crippen LogP contribution in [-0.4, -0.2) is 24.6 Å². The molecule has 70 valence electrons. The summed E-state index contributed by atoms with van der Waals surface area (Å²) >= 11 is 0. The fourth-order valence-electron chi connectivity index (χ4n) is 1.49. The molecule has 1 heterocycles. The van der Waals surface area contributed by atoms with Crippen LogP contribution in [0.1, 0.15) is 33.6 Å². The summed E-state index contributed by atoms with van der Waals surface area (Å²) in [4.78, 5) is 4.30. The van der Waals surface area contributed by atoms with E-state index in [1.165, 1.54) is 12.8 Å². The predicted octanol–water partition coefficient (Wildman–Crippen LogP) is 1.11. The van der Waals surface area contributed by atoms with E-state index in [1.807, 2.05) is 0 Å². The molecule has 0 radical (unpaired) electrons. The van der Waals surface area contributed by atoms with E-state index in [1.54, 1.807) is 0 Å². The molecule has 0 saturated heterocycles. The van der Waals surface area contributed by atoms with Gasteiger partial charge in [-0.15, -0.1) is 0 Å². The molecular formula is C9H19N3. The second-order valence-corrected chi connectivity index (χ2v) is 3.92. The van der Waals surface area contributed by atoms with Crippen molar-refractivity contribution in [3.05, 3.63) is 0 Å². The van der Waals surface area contributed by atoms with Crippen molar-refractivity contribution < 1.29 is 0 Å². The van der Waals surface area contributed by atoms with E-state index in [2.05, 4.69) is 36.4 Å². The fraction of sp³-hybridized carbons (Fsp3) is 0.889. The zero-order valence-electron chi connectivity index (χ0n) is 8.28. The van der Waals surface area contributed by atoms with Gasteiger partial charge >= 0.3 is 0 Å². The molecule has 12 heavy (non-hydrogen) atoms. The van der Waals surface area contributed by atoms with Crippen LogP contribution in [0.15, 0.2) is 4.99 Å². The first kappa shape index (κ1) is 9.36. The molecule has 1 aliphatic rings. The van der Waals surface area contributed by atoms with E-state index in [0.717, 1.165) is 19.0 Å². The Morgan fingerprint density at radius 2 is 2.33 bits per heavy atom. The zero-order chi connectivity index (χ0) is 9.03. The number of aliphatic imine (C=N–C) groups is 1. The summed E-state index contributed by atoms with van der Waals surface area (Å²) in [6.07, 6.45) is 2.38. The number of nitrogens with one attached hydrogen (secondary N) is 2. The van der Waals surface area contributed by atoms with Gasteiger partial charge < -0.3 is 10.6 Å². The van der Waals surface area contributed by atoms with Gasteiger partial charge in [-0.25, -0.2) is 0 Å². The van der Waals surface area contributed by atoms with Crippen LogP contribution in [0, 0.1) is 0 Å². The predicted molar refractivity (Wildman–Crippen MR) is 52.4 cm³/mol. The number of hydrogen-bond donors (Lipinski definition) is 2. The Kier molecular flexibility index (Phi) is 2.95. The minimum Gasteiger partial charge on any atom is -0.355 e. The van der Waals surface area contributed by atoms with Gasteiger partial charge in [0.25, 0.3) is 0 Å². The second-order valence-electron chi connectivity index (χ2n) is 3.92. The van der Waals surface area contributed by atoms with Crippen molar-refractivity contribution in [3.8, 4) is 0 Å². The van der Waals surface area contributed by atoms with E-state index in [-0.39, 0.29) is 5.54 Å². The first-order chi connectivity index (χ1) is 5.64. The van der Waals surface area contributed by atoms with Gasteiger partial charge in [0.05, 0.1) is 6.54 Å². The second kappa shape index (κ2) is 3.78. The zero-order valence-corrected chi connectivity index (χ0v) is 8.28. The van der Waals surface area contributed by atoms with Crippen LogP contribution >= 0.6 is 0 Å². The lowest BCUT2D eigenvalue weighted by Crippen LogP contribution is -2.47. The molecule has 0 aromatic heterocycles. The van der Waals surface area contributed by atoms with E-state index in [4.69, 9.17) is 0 Å². The Morgan fingerprint density at radius 3 is 2.83 bits per heavy atom. The lowest BCUT2D eigenvalue weighted by Gasteiger charge is -2.26. The SMILES string of the molecule is CCCC(C)(C)NC1=NCCN1.